The van der Waals surface area contributed by atoms with Crippen molar-refractivity contribution in [2.24, 2.45) is 0 Å². The maximum Gasteiger partial charge on any atom is 0.315 e. The molecule has 0 bridgehead atoms. The molecule has 2 aromatic heterocycles. The smallest absolute Gasteiger partial charge is 0.315 e. The quantitative estimate of drug-likeness (QED) is 0.765. The highest BCUT2D eigenvalue weighted by Crippen LogP contribution is 2.44. The summed E-state index contributed by atoms with van der Waals surface area (Å²) < 4.78 is 24.2. The van der Waals surface area contributed by atoms with E-state index in [1.165, 1.54) is 12.4 Å². The van der Waals surface area contributed by atoms with Gasteiger partial charge in [-0.25, -0.2) is 9.97 Å². The third-order valence-electron chi connectivity index (χ3n) is 4.66. The average Bonchev–Trinajstić information content (AvgIpc) is 2.63. The van der Waals surface area contributed by atoms with Crippen molar-refractivity contribution in [3.8, 4) is 0 Å². The molecule has 0 saturated heterocycles. The zero-order valence-electron chi connectivity index (χ0n) is 14.0. The van der Waals surface area contributed by atoms with Crippen molar-refractivity contribution < 1.29 is 18.4 Å². The largest absolute Gasteiger partial charge is 0.344 e. The number of ketones is 1. The van der Waals surface area contributed by atoms with Gasteiger partial charge in [0, 0.05) is 36.1 Å². The fourth-order valence-corrected chi connectivity index (χ4v) is 3.04. The van der Waals surface area contributed by atoms with Gasteiger partial charge in [-0.15, -0.1) is 0 Å². The van der Waals surface area contributed by atoms with E-state index in [2.05, 4.69) is 15.0 Å². The van der Waals surface area contributed by atoms with Crippen LogP contribution in [0.25, 0.3) is 0 Å². The van der Waals surface area contributed by atoms with Crippen molar-refractivity contribution in [1.82, 2.24) is 20.3 Å². The first-order chi connectivity index (χ1) is 12.5. The molecule has 1 saturated carbocycles. The lowest BCUT2D eigenvalue weighted by molar-refractivity contribution is -0.131. The molecule has 0 spiro atoms. The number of Topliss-reactive ketones (excluding diaryl/α,β-unsaturated/α-hetero) is 1. The third kappa shape index (κ3) is 3.89. The van der Waals surface area contributed by atoms with Crippen molar-refractivity contribution in [2.45, 2.75) is 37.5 Å². The van der Waals surface area contributed by atoms with E-state index in [1.54, 1.807) is 6.20 Å². The molecule has 1 N–H and O–H groups in total. The van der Waals surface area contributed by atoms with Gasteiger partial charge in [0.15, 0.2) is 5.78 Å². The SMILES string of the molecule is O=C(CNC(=O)C(F)F)c1cnc(CC2(c3ccccn3)CCC2)nc1. The van der Waals surface area contributed by atoms with Crippen LogP contribution in [0.15, 0.2) is 36.8 Å². The zero-order valence-corrected chi connectivity index (χ0v) is 14.0. The van der Waals surface area contributed by atoms with E-state index in [0.29, 0.717) is 12.2 Å². The molecule has 0 aliphatic heterocycles. The summed E-state index contributed by atoms with van der Waals surface area (Å²) in [4.78, 5) is 35.6. The summed E-state index contributed by atoms with van der Waals surface area (Å²) in [5, 5.41) is 1.87. The number of hydrogen-bond acceptors (Lipinski definition) is 5. The normalized spacial score (nSPS) is 15.3. The average molecular weight is 360 g/mol. The van der Waals surface area contributed by atoms with Gasteiger partial charge in [0.1, 0.15) is 5.82 Å². The van der Waals surface area contributed by atoms with Crippen molar-refractivity contribution in [2.75, 3.05) is 6.54 Å². The molecule has 6 nitrogen and oxygen atoms in total. The van der Waals surface area contributed by atoms with Crippen LogP contribution in [0.1, 0.15) is 41.1 Å². The molecule has 0 unspecified atom stereocenters. The Morgan fingerprint density at radius 1 is 1.15 bits per heavy atom. The van der Waals surface area contributed by atoms with Crippen molar-refractivity contribution in [1.29, 1.82) is 0 Å². The van der Waals surface area contributed by atoms with Crippen LogP contribution in [0.3, 0.4) is 0 Å². The highest BCUT2D eigenvalue weighted by molar-refractivity contribution is 5.99. The first-order valence-electron chi connectivity index (χ1n) is 8.32. The Labute approximate surface area is 149 Å². The molecule has 136 valence electrons. The summed E-state index contributed by atoms with van der Waals surface area (Å²) in [5.41, 5.74) is 1.12. The van der Waals surface area contributed by atoms with E-state index in [-0.39, 0.29) is 11.0 Å². The fraction of sp³-hybridized carbons (Fsp3) is 0.389. The minimum absolute atomic E-state index is 0.0714. The standard InChI is InChI=1S/C18H18F2N4O2/c19-16(20)17(26)24-11-13(25)12-9-22-15(23-10-12)8-18(5-3-6-18)14-4-1-2-7-21-14/h1-2,4,7,9-10,16H,3,5-6,8,11H2,(H,24,26). The Hall–Kier alpha value is -2.77. The second-order valence-electron chi connectivity index (χ2n) is 6.36. The van der Waals surface area contributed by atoms with Gasteiger partial charge < -0.3 is 5.32 Å². The molecule has 1 aliphatic rings. The molecule has 1 amide bonds. The second kappa shape index (κ2) is 7.63. The Kier molecular flexibility index (Phi) is 5.29. The van der Waals surface area contributed by atoms with Gasteiger partial charge in [-0.1, -0.05) is 12.5 Å². The van der Waals surface area contributed by atoms with E-state index in [0.717, 1.165) is 25.0 Å². The number of nitrogens with one attached hydrogen (secondary N) is 1. The minimum atomic E-state index is -3.15. The number of carbonyl (C=O) groups is 2. The Morgan fingerprint density at radius 2 is 1.88 bits per heavy atom. The highest BCUT2D eigenvalue weighted by atomic mass is 19.3. The van der Waals surface area contributed by atoms with Crippen LogP contribution < -0.4 is 5.32 Å². The number of alkyl halides is 2. The number of amides is 1. The lowest BCUT2D eigenvalue weighted by Crippen LogP contribution is -2.38. The van der Waals surface area contributed by atoms with E-state index >= 15 is 0 Å². The molecule has 1 aliphatic carbocycles. The van der Waals surface area contributed by atoms with Gasteiger partial charge in [0.05, 0.1) is 12.1 Å². The molecule has 2 aromatic rings. The van der Waals surface area contributed by atoms with Gasteiger partial charge in [-0.05, 0) is 25.0 Å². The Morgan fingerprint density at radius 3 is 2.42 bits per heavy atom. The minimum Gasteiger partial charge on any atom is -0.344 e. The first-order valence-corrected chi connectivity index (χ1v) is 8.32. The summed E-state index contributed by atoms with van der Waals surface area (Å²) in [6.07, 6.45) is 5.12. The third-order valence-corrected chi connectivity index (χ3v) is 4.66. The van der Waals surface area contributed by atoms with Crippen LogP contribution >= 0.6 is 0 Å². The number of hydrogen-bond donors (Lipinski definition) is 1. The predicted octanol–water partition coefficient (Wildman–Crippen LogP) is 2.10. The summed E-state index contributed by atoms with van der Waals surface area (Å²) in [7, 11) is 0. The van der Waals surface area contributed by atoms with Gasteiger partial charge in [-0.3, -0.25) is 14.6 Å². The monoisotopic (exact) mass is 360 g/mol. The van der Waals surface area contributed by atoms with Crippen LogP contribution in [0.2, 0.25) is 0 Å². The molecule has 2 heterocycles. The van der Waals surface area contributed by atoms with Crippen LogP contribution in [0.4, 0.5) is 8.78 Å². The first kappa shape index (κ1) is 18.0. The van der Waals surface area contributed by atoms with Crippen LogP contribution in [-0.2, 0) is 16.6 Å². The van der Waals surface area contributed by atoms with Crippen molar-refractivity contribution in [3.63, 3.8) is 0 Å². The zero-order chi connectivity index (χ0) is 18.6. The van der Waals surface area contributed by atoms with Gasteiger partial charge in [-0.2, -0.15) is 8.78 Å². The van der Waals surface area contributed by atoms with Gasteiger partial charge in [0.25, 0.3) is 5.91 Å². The van der Waals surface area contributed by atoms with Gasteiger partial charge >= 0.3 is 6.43 Å². The predicted molar refractivity (Wildman–Crippen MR) is 88.8 cm³/mol. The topological polar surface area (TPSA) is 84.8 Å². The van der Waals surface area contributed by atoms with Crippen LogP contribution in [0, 0.1) is 0 Å². The fourth-order valence-electron chi connectivity index (χ4n) is 3.04. The van der Waals surface area contributed by atoms with Crippen LogP contribution in [0.5, 0.6) is 0 Å². The molecular weight excluding hydrogens is 342 g/mol. The Bertz CT molecular complexity index is 778. The van der Waals surface area contributed by atoms with E-state index in [4.69, 9.17) is 0 Å². The van der Waals surface area contributed by atoms with Crippen molar-refractivity contribution in [3.05, 3.63) is 53.9 Å². The van der Waals surface area contributed by atoms with Crippen LogP contribution in [-0.4, -0.2) is 39.6 Å². The maximum absolute atomic E-state index is 12.1. The molecular formula is C18H18F2N4O2. The van der Waals surface area contributed by atoms with E-state index in [9.17, 15) is 18.4 Å². The molecule has 0 radical (unpaired) electrons. The van der Waals surface area contributed by atoms with Gasteiger partial charge in [0.2, 0.25) is 0 Å². The number of nitrogens with zero attached hydrogens (tertiary/aromatic N) is 3. The molecule has 3 rings (SSSR count). The number of aromatic nitrogens is 3. The lowest BCUT2D eigenvalue weighted by atomic mass is 9.64. The number of halogens is 2. The Balaban J connectivity index is 1.64. The molecule has 1 fully saturated rings. The summed E-state index contributed by atoms with van der Waals surface area (Å²) in [6.45, 7) is -0.510. The number of carbonyl (C=O) groups excluding carboxylic acids is 2. The number of pyridine rings is 1. The summed E-state index contributed by atoms with van der Waals surface area (Å²) in [5.74, 6) is -1.39. The van der Waals surface area contributed by atoms with Crippen molar-refractivity contribution >= 4 is 11.7 Å². The lowest BCUT2D eigenvalue weighted by Gasteiger charge is -2.41. The summed E-state index contributed by atoms with van der Waals surface area (Å²) in [6, 6.07) is 5.83. The van der Waals surface area contributed by atoms with E-state index < -0.39 is 24.7 Å². The second-order valence-corrected chi connectivity index (χ2v) is 6.36. The summed E-state index contributed by atoms with van der Waals surface area (Å²) >= 11 is 0. The maximum atomic E-state index is 12.1. The molecule has 0 atom stereocenters. The molecule has 0 aromatic carbocycles. The highest BCUT2D eigenvalue weighted by Gasteiger charge is 2.40. The molecule has 26 heavy (non-hydrogen) atoms. The molecule has 8 heteroatoms. The van der Waals surface area contributed by atoms with E-state index in [1.807, 2.05) is 23.5 Å². The number of rotatable bonds is 7.